The fourth-order valence-corrected chi connectivity index (χ4v) is 12.8. The van der Waals surface area contributed by atoms with Gasteiger partial charge in [-0.3, -0.25) is 19.8 Å². The van der Waals surface area contributed by atoms with Crippen LogP contribution in [0, 0.1) is 34.3 Å². The van der Waals surface area contributed by atoms with Crippen LogP contribution in [-0.2, 0) is 17.8 Å². The smallest absolute Gasteiger partial charge is 0.408 e. The van der Waals surface area contributed by atoms with E-state index in [0.717, 1.165) is 70.6 Å². The van der Waals surface area contributed by atoms with Gasteiger partial charge in [0.15, 0.2) is 0 Å². The number of nitrogens with two attached hydrogens (primary N) is 1. The number of carbonyl (C=O) groups excluding carboxylic acids is 1. The number of fused-ring (bicyclic) bond motifs is 8. The van der Waals surface area contributed by atoms with Crippen LogP contribution in [0.5, 0.6) is 0 Å². The number of anilines is 4. The molecule has 0 unspecified atom stereocenters. The van der Waals surface area contributed by atoms with E-state index in [1.165, 1.54) is 0 Å². The Morgan fingerprint density at radius 1 is 0.688 bits per heavy atom. The molecular formula is C59H66F2N12O4. The van der Waals surface area contributed by atoms with Gasteiger partial charge in [0.05, 0.1) is 63.3 Å². The van der Waals surface area contributed by atoms with Gasteiger partial charge in [-0.05, 0) is 144 Å². The SMILES string of the molecule is C[C@@H]1CN(c2ccc(C#N)c3ncccc23)C[C@@H]2c3cc(F)c(N4C[C@@H](N)[C@](C)(O)C4)cc3CN12.C[C@@H]1CN(c2ccc(C#N)c3ncccc23)C[C@@H]2c3cc(F)c(N4C[C@@H](NC(=O)OC(C)(C)C)[C@](C)(O)C4)cc3CN12. The maximum absolute atomic E-state index is 15.8. The van der Waals surface area contributed by atoms with Crippen LogP contribution in [0.15, 0.2) is 85.2 Å². The lowest BCUT2D eigenvalue weighted by molar-refractivity contribution is 0.0272. The summed E-state index contributed by atoms with van der Waals surface area (Å²) in [6.07, 6.45) is 2.81. The Labute approximate surface area is 447 Å². The first kappa shape index (κ1) is 51.9. The highest BCUT2D eigenvalue weighted by molar-refractivity contribution is 5.96. The van der Waals surface area contributed by atoms with E-state index in [1.54, 1.807) is 64.0 Å². The molecule has 18 heteroatoms. The molecule has 0 spiro atoms. The number of aliphatic hydroxyl groups is 2. The highest BCUT2D eigenvalue weighted by Gasteiger charge is 2.47. The molecule has 5 N–H and O–H groups in total. The van der Waals surface area contributed by atoms with Gasteiger partial charge in [0.1, 0.15) is 35.0 Å². The molecule has 16 nitrogen and oxygen atoms in total. The Balaban J connectivity index is 0.000000166. The van der Waals surface area contributed by atoms with Gasteiger partial charge in [-0.25, -0.2) is 13.6 Å². The molecule has 0 aliphatic carbocycles. The summed E-state index contributed by atoms with van der Waals surface area (Å²) in [5.74, 6) is -0.615. The van der Waals surface area contributed by atoms with Gasteiger partial charge in [-0.2, -0.15) is 10.5 Å². The average Bonchev–Trinajstić information content (AvgIpc) is 4.13. The molecular weight excluding hydrogens is 979 g/mol. The monoisotopic (exact) mass is 1040 g/mol. The summed E-state index contributed by atoms with van der Waals surface area (Å²) in [6.45, 7) is 18.8. The van der Waals surface area contributed by atoms with Crippen LogP contribution < -0.4 is 30.7 Å². The number of pyridine rings is 2. The van der Waals surface area contributed by atoms with E-state index >= 15 is 8.78 Å². The van der Waals surface area contributed by atoms with Crippen LogP contribution in [0.25, 0.3) is 21.8 Å². The number of rotatable bonds is 5. The molecule has 4 fully saturated rings. The Morgan fingerprint density at radius 2 is 1.16 bits per heavy atom. The summed E-state index contributed by atoms with van der Waals surface area (Å²) >= 11 is 0. The van der Waals surface area contributed by atoms with Crippen molar-refractivity contribution in [2.45, 2.75) is 115 Å². The number of ether oxygens (including phenoxy) is 1. The molecule has 6 aliphatic heterocycles. The number of piperazine rings is 2. The highest BCUT2D eigenvalue weighted by atomic mass is 19.1. The second-order valence-corrected chi connectivity index (χ2v) is 23.5. The molecule has 0 radical (unpaired) electrons. The van der Waals surface area contributed by atoms with Gasteiger partial charge in [-0.15, -0.1) is 0 Å². The van der Waals surface area contributed by atoms with Crippen molar-refractivity contribution in [1.82, 2.24) is 25.1 Å². The zero-order chi connectivity index (χ0) is 54.5. The predicted molar refractivity (Wildman–Crippen MR) is 292 cm³/mol. The summed E-state index contributed by atoms with van der Waals surface area (Å²) in [4.78, 5) is 34.5. The van der Waals surface area contributed by atoms with Gasteiger partial charge < -0.3 is 45.6 Å². The molecule has 77 heavy (non-hydrogen) atoms. The summed E-state index contributed by atoms with van der Waals surface area (Å²) in [7, 11) is 0. The maximum atomic E-state index is 15.8. The predicted octanol–water partition coefficient (Wildman–Crippen LogP) is 7.38. The molecule has 4 aromatic carbocycles. The minimum absolute atomic E-state index is 0.0120. The maximum Gasteiger partial charge on any atom is 0.408 e. The van der Waals surface area contributed by atoms with Crippen LogP contribution >= 0.6 is 0 Å². The second kappa shape index (κ2) is 19.4. The molecule has 0 saturated carbocycles. The number of hydrogen-bond acceptors (Lipinski definition) is 15. The van der Waals surface area contributed by atoms with E-state index in [2.05, 4.69) is 60.9 Å². The summed E-state index contributed by atoms with van der Waals surface area (Å²) in [6, 6.07) is 26.7. The molecule has 4 saturated heterocycles. The van der Waals surface area contributed by atoms with E-state index in [4.69, 9.17) is 10.5 Å². The average molecular weight is 1050 g/mol. The van der Waals surface area contributed by atoms with E-state index < -0.39 is 35.0 Å². The first-order valence-corrected chi connectivity index (χ1v) is 26.5. The highest BCUT2D eigenvalue weighted by Crippen LogP contribution is 2.46. The van der Waals surface area contributed by atoms with Crippen LogP contribution in [0.4, 0.5) is 36.3 Å². The van der Waals surface area contributed by atoms with Gasteiger partial charge in [-0.1, -0.05) is 0 Å². The number of carbonyl (C=O) groups is 1. The zero-order valence-corrected chi connectivity index (χ0v) is 44.6. The van der Waals surface area contributed by atoms with Crippen molar-refractivity contribution >= 4 is 50.6 Å². The van der Waals surface area contributed by atoms with Crippen LogP contribution in [0.3, 0.4) is 0 Å². The molecule has 2 aromatic heterocycles. The number of benzene rings is 4. The Kier molecular flexibility index (Phi) is 13.1. The van der Waals surface area contributed by atoms with Crippen molar-refractivity contribution < 1.29 is 28.5 Å². The van der Waals surface area contributed by atoms with Crippen LogP contribution in [0.1, 0.15) is 93.9 Å². The number of alkyl carbamates (subject to hydrolysis) is 1. The van der Waals surface area contributed by atoms with Gasteiger partial charge >= 0.3 is 6.09 Å². The van der Waals surface area contributed by atoms with E-state index in [1.807, 2.05) is 65.6 Å². The van der Waals surface area contributed by atoms with Crippen molar-refractivity contribution in [2.75, 3.05) is 72.0 Å². The molecule has 6 aromatic rings. The van der Waals surface area contributed by atoms with E-state index in [-0.39, 0.29) is 48.9 Å². The molecule has 6 aliphatic rings. The fourth-order valence-electron chi connectivity index (χ4n) is 12.8. The first-order chi connectivity index (χ1) is 36.6. The van der Waals surface area contributed by atoms with Gasteiger partial charge in [0.25, 0.3) is 0 Å². The lowest BCUT2D eigenvalue weighted by atomic mass is 9.99. The molecule has 8 heterocycles. The number of hydrogen-bond donors (Lipinski definition) is 4. The normalized spacial score (nSPS) is 26.9. The fraction of sp³-hybridized carbons (Fsp3) is 0.441. The standard InChI is InChI=1S/C32H37FN6O3.C27H29FN6O/c1-19-14-37(25-9-8-20(13-34)29-22(25)7-6-10-35-29)16-27-23-12-24(33)26(11-21(23)15-39(19)27)38-17-28(32(5,41)18-38)36-30(40)42-31(2,3)4;1-16-11-32(22-6-5-17(10-29)26-19(22)4-3-7-31-26)13-24-20-9-21(28)23(8-18(20)12-34(16)24)33-14-25(30)27(2,35)15-33/h6-12,19,27-28,41H,14-18H2,1-5H3,(H,36,40);3-9,16,24-25,35H,11-15,30H2,1-2H3/t19-,27-,28-,32-;16-,24-,25-,27-/m11/s1. The number of halogens is 2. The second-order valence-electron chi connectivity index (χ2n) is 23.5. The van der Waals surface area contributed by atoms with Crippen LogP contribution in [0.2, 0.25) is 0 Å². The lowest BCUT2D eigenvalue weighted by Gasteiger charge is -2.43. The minimum atomic E-state index is -1.26. The van der Waals surface area contributed by atoms with Gasteiger partial charge in [0, 0.05) is 112 Å². The van der Waals surface area contributed by atoms with Crippen molar-refractivity contribution in [1.29, 1.82) is 10.5 Å². The number of amides is 1. The largest absolute Gasteiger partial charge is 0.444 e. The third kappa shape index (κ3) is 9.50. The van der Waals surface area contributed by atoms with Crippen molar-refractivity contribution in [3.8, 4) is 12.1 Å². The number of nitrogens with one attached hydrogen (secondary N) is 1. The quantitative estimate of drug-likeness (QED) is 0.133. The van der Waals surface area contributed by atoms with Crippen molar-refractivity contribution in [2.24, 2.45) is 5.73 Å². The Hall–Kier alpha value is -7.19. The topological polar surface area (TPSA) is 198 Å². The minimum Gasteiger partial charge on any atom is -0.444 e. The number of nitriles is 2. The first-order valence-electron chi connectivity index (χ1n) is 26.5. The lowest BCUT2D eigenvalue weighted by Crippen LogP contribution is -2.51. The van der Waals surface area contributed by atoms with Crippen molar-refractivity contribution in [3.63, 3.8) is 0 Å². The molecule has 8 atom stereocenters. The zero-order valence-electron chi connectivity index (χ0n) is 44.6. The molecule has 0 bridgehead atoms. The van der Waals surface area contributed by atoms with Crippen molar-refractivity contribution in [3.05, 3.63) is 130 Å². The van der Waals surface area contributed by atoms with E-state index in [0.29, 0.717) is 59.7 Å². The third-order valence-electron chi connectivity index (χ3n) is 16.7. The van der Waals surface area contributed by atoms with E-state index in [9.17, 15) is 25.5 Å². The third-order valence-corrected chi connectivity index (χ3v) is 16.7. The van der Waals surface area contributed by atoms with Gasteiger partial charge in [0.2, 0.25) is 0 Å². The van der Waals surface area contributed by atoms with Crippen LogP contribution in [-0.4, -0.2) is 129 Å². The molecule has 400 valence electrons. The summed E-state index contributed by atoms with van der Waals surface area (Å²) < 4.78 is 36.6. The number of aromatic nitrogens is 2. The number of β-amino-alcohol motifs (C(OH)–C–C–N with tert-alkyl or cyclic N) is 2. The summed E-state index contributed by atoms with van der Waals surface area (Å²) in [5, 5.41) is 45.4. The molecule has 12 rings (SSSR count). The number of nitrogens with zero attached hydrogens (tertiary/aromatic N) is 10. The molecule has 1 amide bonds. The summed E-state index contributed by atoms with van der Waals surface area (Å²) in [5.41, 5.74) is 12.9. The Morgan fingerprint density at radius 3 is 1.60 bits per heavy atom. The Bertz CT molecular complexity index is 3410.